The quantitative estimate of drug-likeness (QED) is 0.363. The lowest BCUT2D eigenvalue weighted by atomic mass is 9.88. The molecule has 5 aromatic heterocycles. The molecule has 1 aliphatic carbocycles. The number of hydrogen-bond acceptors (Lipinski definition) is 5. The average Bonchev–Trinajstić information content (AvgIpc) is 3.48. The van der Waals surface area contributed by atoms with Crippen LogP contribution in [0.25, 0.3) is 44.7 Å². The average molecular weight is 438 g/mol. The van der Waals surface area contributed by atoms with Crippen LogP contribution in [0.4, 0.5) is 5.69 Å². The molecular formula is C25H23N7O. The van der Waals surface area contributed by atoms with Gasteiger partial charge in [-0.3, -0.25) is 14.9 Å². The number of aromatic nitrogens is 6. The second kappa shape index (κ2) is 8.12. The Hall–Kier alpha value is -4.07. The molecule has 0 spiro atoms. The number of carbonyl (C=O) groups is 1. The Morgan fingerprint density at radius 1 is 1.06 bits per heavy atom. The molecule has 1 saturated carbocycles. The van der Waals surface area contributed by atoms with Crippen molar-refractivity contribution in [1.82, 2.24) is 30.1 Å². The van der Waals surface area contributed by atoms with E-state index in [9.17, 15) is 4.79 Å². The van der Waals surface area contributed by atoms with Gasteiger partial charge in [0.25, 0.3) is 0 Å². The number of aromatic amines is 2. The maximum absolute atomic E-state index is 12.7. The van der Waals surface area contributed by atoms with Crippen LogP contribution < -0.4 is 5.32 Å². The summed E-state index contributed by atoms with van der Waals surface area (Å²) in [6.45, 7) is 0. The molecule has 0 bridgehead atoms. The van der Waals surface area contributed by atoms with E-state index in [4.69, 9.17) is 4.98 Å². The Morgan fingerprint density at radius 3 is 2.85 bits per heavy atom. The number of pyridine rings is 3. The fraction of sp³-hybridized carbons (Fsp3) is 0.240. The van der Waals surface area contributed by atoms with Crippen molar-refractivity contribution in [3.8, 4) is 22.6 Å². The Morgan fingerprint density at radius 2 is 1.97 bits per heavy atom. The van der Waals surface area contributed by atoms with Crippen LogP contribution in [0.3, 0.4) is 0 Å². The van der Waals surface area contributed by atoms with E-state index in [1.54, 1.807) is 18.6 Å². The topological polar surface area (TPSA) is 112 Å². The van der Waals surface area contributed by atoms with Gasteiger partial charge in [-0.2, -0.15) is 5.10 Å². The molecule has 0 unspecified atom stereocenters. The van der Waals surface area contributed by atoms with Gasteiger partial charge in [0.1, 0.15) is 16.9 Å². The number of nitrogens with zero attached hydrogens (tertiary/aromatic N) is 4. The maximum Gasteiger partial charge on any atom is 0.227 e. The van der Waals surface area contributed by atoms with Gasteiger partial charge in [0, 0.05) is 29.3 Å². The molecule has 1 fully saturated rings. The normalized spacial score (nSPS) is 14.7. The van der Waals surface area contributed by atoms with E-state index in [0.717, 1.165) is 70.4 Å². The smallest absolute Gasteiger partial charge is 0.227 e. The first kappa shape index (κ1) is 19.6. The second-order valence-electron chi connectivity index (χ2n) is 8.58. The van der Waals surface area contributed by atoms with Crippen LogP contribution in [0.15, 0.2) is 55.0 Å². The number of rotatable bonds is 4. The molecule has 8 heteroatoms. The van der Waals surface area contributed by atoms with Crippen LogP contribution in [0.1, 0.15) is 32.1 Å². The van der Waals surface area contributed by atoms with Crippen LogP contribution in [-0.2, 0) is 4.79 Å². The summed E-state index contributed by atoms with van der Waals surface area (Å²) in [7, 11) is 0. The van der Waals surface area contributed by atoms with E-state index in [0.29, 0.717) is 5.69 Å². The molecule has 6 rings (SSSR count). The molecule has 0 atom stereocenters. The lowest BCUT2D eigenvalue weighted by Crippen LogP contribution is -2.24. The van der Waals surface area contributed by atoms with Crippen LogP contribution >= 0.6 is 0 Å². The van der Waals surface area contributed by atoms with Crippen LogP contribution in [0.2, 0.25) is 0 Å². The molecule has 164 valence electrons. The fourth-order valence-corrected chi connectivity index (χ4v) is 4.59. The van der Waals surface area contributed by atoms with E-state index in [1.807, 2.05) is 36.4 Å². The minimum Gasteiger partial charge on any atom is -0.338 e. The van der Waals surface area contributed by atoms with Crippen molar-refractivity contribution >= 4 is 33.7 Å². The third-order valence-electron chi connectivity index (χ3n) is 6.33. The third kappa shape index (κ3) is 3.73. The first-order valence-electron chi connectivity index (χ1n) is 11.3. The molecule has 8 nitrogen and oxygen atoms in total. The summed E-state index contributed by atoms with van der Waals surface area (Å²) in [5, 5.41) is 11.6. The van der Waals surface area contributed by atoms with Gasteiger partial charge in [-0.1, -0.05) is 19.3 Å². The van der Waals surface area contributed by atoms with E-state index < -0.39 is 0 Å². The molecule has 3 N–H and O–H groups in total. The van der Waals surface area contributed by atoms with E-state index in [1.165, 1.54) is 6.42 Å². The molecule has 0 saturated heterocycles. The fourth-order valence-electron chi connectivity index (χ4n) is 4.59. The van der Waals surface area contributed by atoms with Gasteiger partial charge < -0.3 is 10.3 Å². The monoisotopic (exact) mass is 437 g/mol. The molecule has 0 radical (unpaired) electrons. The number of amides is 1. The standard InChI is InChI=1S/C25H23N7O/c33-25(15-5-2-1-3-6-15)28-18-11-17(13-26-14-18)19-8-9-20-22(29-19)23(32-31-20)21-12-16-7-4-10-27-24(16)30-21/h4,7-15H,1-3,5-6H2,(H,27,30)(H,28,33)(H,31,32). The summed E-state index contributed by atoms with van der Waals surface area (Å²) in [4.78, 5) is 29.6. The van der Waals surface area contributed by atoms with Gasteiger partial charge in [-0.25, -0.2) is 9.97 Å². The minimum atomic E-state index is 0.0848. The number of anilines is 1. The molecular weight excluding hydrogens is 414 g/mol. The predicted octanol–water partition coefficient (Wildman–Crippen LogP) is 5.08. The van der Waals surface area contributed by atoms with Crippen LogP contribution in [0, 0.1) is 5.92 Å². The van der Waals surface area contributed by atoms with Crippen molar-refractivity contribution in [2.45, 2.75) is 32.1 Å². The van der Waals surface area contributed by atoms with Crippen molar-refractivity contribution in [1.29, 1.82) is 0 Å². The highest BCUT2D eigenvalue weighted by molar-refractivity contribution is 5.94. The highest BCUT2D eigenvalue weighted by atomic mass is 16.1. The van der Waals surface area contributed by atoms with Gasteiger partial charge in [0.2, 0.25) is 5.91 Å². The molecule has 33 heavy (non-hydrogen) atoms. The van der Waals surface area contributed by atoms with Gasteiger partial charge in [0.05, 0.1) is 28.8 Å². The first-order valence-corrected chi connectivity index (χ1v) is 11.3. The van der Waals surface area contributed by atoms with E-state index >= 15 is 0 Å². The number of nitrogens with one attached hydrogen (secondary N) is 3. The van der Waals surface area contributed by atoms with Crippen molar-refractivity contribution in [2.75, 3.05) is 5.32 Å². The zero-order valence-electron chi connectivity index (χ0n) is 18.0. The molecule has 5 heterocycles. The van der Waals surface area contributed by atoms with E-state index in [-0.39, 0.29) is 11.8 Å². The SMILES string of the molecule is O=C(Nc1cncc(-c2ccc3[nH]nc(-c4cc5cccnc5[nH]4)c3n2)c1)C1CCCCC1. The van der Waals surface area contributed by atoms with Crippen molar-refractivity contribution in [2.24, 2.45) is 5.92 Å². The zero-order valence-corrected chi connectivity index (χ0v) is 18.0. The summed E-state index contributed by atoms with van der Waals surface area (Å²) in [5.41, 5.74) is 6.30. The largest absolute Gasteiger partial charge is 0.338 e. The van der Waals surface area contributed by atoms with E-state index in [2.05, 4.69) is 30.5 Å². The Labute approximate surface area is 189 Å². The van der Waals surface area contributed by atoms with Crippen molar-refractivity contribution < 1.29 is 4.79 Å². The van der Waals surface area contributed by atoms with Gasteiger partial charge in [0.15, 0.2) is 0 Å². The lowest BCUT2D eigenvalue weighted by molar-refractivity contribution is -0.120. The number of hydrogen-bond donors (Lipinski definition) is 3. The zero-order chi connectivity index (χ0) is 22.2. The van der Waals surface area contributed by atoms with Crippen LogP contribution in [-0.4, -0.2) is 36.0 Å². The Bertz CT molecular complexity index is 1430. The summed E-state index contributed by atoms with van der Waals surface area (Å²) in [6.07, 6.45) is 10.6. The lowest BCUT2D eigenvalue weighted by Gasteiger charge is -2.20. The molecule has 1 amide bonds. The maximum atomic E-state index is 12.7. The van der Waals surface area contributed by atoms with Gasteiger partial charge in [-0.05, 0) is 49.2 Å². The highest BCUT2D eigenvalue weighted by Gasteiger charge is 2.21. The minimum absolute atomic E-state index is 0.0848. The van der Waals surface area contributed by atoms with Crippen LogP contribution in [0.5, 0.6) is 0 Å². The molecule has 0 aliphatic heterocycles. The number of carbonyl (C=O) groups excluding carboxylic acids is 1. The molecule has 5 aromatic rings. The summed E-state index contributed by atoms with van der Waals surface area (Å²) < 4.78 is 0. The second-order valence-corrected chi connectivity index (χ2v) is 8.58. The van der Waals surface area contributed by atoms with Gasteiger partial charge in [-0.15, -0.1) is 0 Å². The predicted molar refractivity (Wildman–Crippen MR) is 127 cm³/mol. The van der Waals surface area contributed by atoms with Gasteiger partial charge >= 0.3 is 0 Å². The highest BCUT2D eigenvalue weighted by Crippen LogP contribution is 2.30. The number of H-pyrrole nitrogens is 2. The third-order valence-corrected chi connectivity index (χ3v) is 6.33. The molecule has 1 aliphatic rings. The van der Waals surface area contributed by atoms with Crippen molar-refractivity contribution in [3.05, 3.63) is 55.0 Å². The van der Waals surface area contributed by atoms with Crippen molar-refractivity contribution in [3.63, 3.8) is 0 Å². The number of fused-ring (bicyclic) bond motifs is 2. The summed E-state index contributed by atoms with van der Waals surface area (Å²) >= 11 is 0. The summed E-state index contributed by atoms with van der Waals surface area (Å²) in [5.74, 6) is 0.178. The summed E-state index contributed by atoms with van der Waals surface area (Å²) in [6, 6.07) is 11.8. The Kier molecular flexibility index (Phi) is 4.83. The first-order chi connectivity index (χ1) is 16.2. The Balaban J connectivity index is 1.32. The molecule has 0 aromatic carbocycles.